The van der Waals surface area contributed by atoms with Crippen molar-refractivity contribution in [3.05, 3.63) is 47.4 Å². The van der Waals surface area contributed by atoms with Gasteiger partial charge in [-0.25, -0.2) is 14.2 Å². The van der Waals surface area contributed by atoms with Crippen molar-refractivity contribution < 1.29 is 14.3 Å². The summed E-state index contributed by atoms with van der Waals surface area (Å²) in [5.41, 5.74) is 1.37. The minimum atomic E-state index is -1.12. The highest BCUT2D eigenvalue weighted by molar-refractivity contribution is 6.01. The van der Waals surface area contributed by atoms with Crippen molar-refractivity contribution in [2.45, 2.75) is 19.8 Å². The summed E-state index contributed by atoms with van der Waals surface area (Å²) >= 11 is 0. The van der Waals surface area contributed by atoms with E-state index < -0.39 is 11.8 Å². The molecule has 4 nitrogen and oxygen atoms in total. The molecule has 0 fully saturated rings. The molecule has 0 radical (unpaired) electrons. The normalized spacial score (nSPS) is 10.8. The second-order valence-electron chi connectivity index (χ2n) is 5.63. The van der Waals surface area contributed by atoms with Crippen LogP contribution in [0.15, 0.2) is 30.3 Å². The van der Waals surface area contributed by atoms with Gasteiger partial charge in [0.2, 0.25) is 0 Å². The molecule has 1 aromatic carbocycles. The quantitative estimate of drug-likeness (QED) is 0.934. The Bertz CT molecular complexity index is 712. The first-order chi connectivity index (χ1) is 10.3. The number of anilines is 1. The van der Waals surface area contributed by atoms with Gasteiger partial charge in [-0.15, -0.1) is 0 Å². The van der Waals surface area contributed by atoms with Crippen LogP contribution in [0.5, 0.6) is 0 Å². The summed E-state index contributed by atoms with van der Waals surface area (Å²) in [6, 6.07) is 7.84. The molecule has 0 unspecified atom stereocenters. The molecule has 2 rings (SSSR count). The molecule has 116 valence electrons. The molecule has 22 heavy (non-hydrogen) atoms. The molecule has 0 bridgehead atoms. The van der Waals surface area contributed by atoms with Gasteiger partial charge in [0.1, 0.15) is 17.2 Å². The first-order valence-corrected chi connectivity index (χ1v) is 7.03. The maximum absolute atomic E-state index is 14.2. The fourth-order valence-electron chi connectivity index (χ4n) is 2.27. The summed E-state index contributed by atoms with van der Waals surface area (Å²) in [4.78, 5) is 17.8. The van der Waals surface area contributed by atoms with Crippen LogP contribution in [0.2, 0.25) is 0 Å². The highest BCUT2D eigenvalue weighted by atomic mass is 19.1. The van der Waals surface area contributed by atoms with Crippen molar-refractivity contribution in [1.82, 2.24) is 4.98 Å². The Morgan fingerprint density at radius 3 is 2.36 bits per heavy atom. The third-order valence-corrected chi connectivity index (χ3v) is 3.41. The van der Waals surface area contributed by atoms with Gasteiger partial charge in [-0.05, 0) is 18.1 Å². The van der Waals surface area contributed by atoms with Crippen molar-refractivity contribution in [3.8, 4) is 11.1 Å². The van der Waals surface area contributed by atoms with E-state index in [1.807, 2.05) is 13.8 Å². The molecule has 0 spiro atoms. The smallest absolute Gasteiger partial charge is 0.340 e. The number of halogens is 1. The number of rotatable bonds is 4. The number of aromatic carboxylic acids is 1. The van der Waals surface area contributed by atoms with Crippen molar-refractivity contribution in [3.63, 3.8) is 0 Å². The van der Waals surface area contributed by atoms with E-state index >= 15 is 0 Å². The van der Waals surface area contributed by atoms with Gasteiger partial charge in [0, 0.05) is 30.9 Å². The van der Waals surface area contributed by atoms with Gasteiger partial charge in [-0.2, -0.15) is 0 Å². The number of hydrogen-bond donors (Lipinski definition) is 1. The molecular weight excluding hydrogens is 283 g/mol. The topological polar surface area (TPSA) is 53.4 Å². The molecule has 0 saturated heterocycles. The Kier molecular flexibility index (Phi) is 4.45. The highest BCUT2D eigenvalue weighted by Gasteiger charge is 2.23. The molecule has 0 amide bonds. The number of carbonyl (C=O) groups is 1. The molecule has 1 aromatic heterocycles. The van der Waals surface area contributed by atoms with Crippen molar-refractivity contribution in [2.75, 3.05) is 19.0 Å². The van der Waals surface area contributed by atoms with E-state index in [4.69, 9.17) is 0 Å². The predicted molar refractivity (Wildman–Crippen MR) is 85.0 cm³/mol. The van der Waals surface area contributed by atoms with Gasteiger partial charge in [-0.3, -0.25) is 0 Å². The van der Waals surface area contributed by atoms with E-state index in [9.17, 15) is 14.3 Å². The third kappa shape index (κ3) is 2.93. The summed E-state index contributed by atoms with van der Waals surface area (Å²) in [6.45, 7) is 3.93. The first kappa shape index (κ1) is 15.9. The van der Waals surface area contributed by atoms with Gasteiger partial charge < -0.3 is 10.0 Å². The number of pyridine rings is 1. The molecule has 0 aliphatic carbocycles. The monoisotopic (exact) mass is 302 g/mol. The van der Waals surface area contributed by atoms with E-state index in [2.05, 4.69) is 4.98 Å². The van der Waals surface area contributed by atoms with Crippen molar-refractivity contribution in [1.29, 1.82) is 0 Å². The number of nitrogens with zero attached hydrogens (tertiary/aromatic N) is 2. The van der Waals surface area contributed by atoms with Gasteiger partial charge in [0.05, 0.1) is 0 Å². The number of benzene rings is 1. The molecule has 0 aliphatic heterocycles. The summed E-state index contributed by atoms with van der Waals surface area (Å²) in [6.07, 6.45) is 0. The van der Waals surface area contributed by atoms with E-state index in [0.29, 0.717) is 11.4 Å². The molecule has 2 aromatic rings. The number of carboxylic acids is 1. The summed E-state index contributed by atoms with van der Waals surface area (Å²) in [5, 5.41) is 9.59. The lowest BCUT2D eigenvalue weighted by molar-refractivity contribution is 0.0698. The zero-order chi connectivity index (χ0) is 16.4. The first-order valence-electron chi connectivity index (χ1n) is 7.03. The molecular formula is C17H19FN2O2. The summed E-state index contributed by atoms with van der Waals surface area (Å²) < 4.78 is 14.2. The summed E-state index contributed by atoms with van der Waals surface area (Å²) in [5.74, 6) is -1.13. The van der Waals surface area contributed by atoms with Crippen LogP contribution in [0.3, 0.4) is 0 Å². The van der Waals surface area contributed by atoms with Crippen LogP contribution in [0.25, 0.3) is 11.1 Å². The molecule has 0 atom stereocenters. The fraction of sp³-hybridized carbons (Fsp3) is 0.294. The summed E-state index contributed by atoms with van der Waals surface area (Å²) in [7, 11) is 3.45. The third-order valence-electron chi connectivity index (χ3n) is 3.41. The SMILES string of the molecule is CC(C)c1cc(-c2ccccc2F)c(C(=O)O)c(N(C)C)n1. The molecule has 0 saturated carbocycles. The Labute approximate surface area is 129 Å². The van der Waals surface area contributed by atoms with Crippen LogP contribution in [0, 0.1) is 5.82 Å². The zero-order valence-corrected chi connectivity index (χ0v) is 13.1. The van der Waals surface area contributed by atoms with Gasteiger partial charge in [0.15, 0.2) is 0 Å². The lowest BCUT2D eigenvalue weighted by Crippen LogP contribution is -2.18. The van der Waals surface area contributed by atoms with Crippen LogP contribution >= 0.6 is 0 Å². The minimum absolute atomic E-state index is 0.0134. The molecule has 1 N–H and O–H groups in total. The highest BCUT2D eigenvalue weighted by Crippen LogP contribution is 2.33. The van der Waals surface area contributed by atoms with Crippen molar-refractivity contribution in [2.24, 2.45) is 0 Å². The van der Waals surface area contributed by atoms with Crippen LogP contribution in [-0.2, 0) is 0 Å². The van der Waals surface area contributed by atoms with Crippen LogP contribution in [0.1, 0.15) is 35.8 Å². The Morgan fingerprint density at radius 2 is 1.86 bits per heavy atom. The second kappa shape index (κ2) is 6.13. The Balaban J connectivity index is 2.86. The fourth-order valence-corrected chi connectivity index (χ4v) is 2.27. The maximum Gasteiger partial charge on any atom is 0.340 e. The predicted octanol–water partition coefficient (Wildman–Crippen LogP) is 3.78. The van der Waals surface area contributed by atoms with E-state index in [0.717, 1.165) is 5.69 Å². The van der Waals surface area contributed by atoms with Crippen LogP contribution < -0.4 is 4.90 Å². The lowest BCUT2D eigenvalue weighted by atomic mass is 9.96. The van der Waals surface area contributed by atoms with E-state index in [1.54, 1.807) is 43.3 Å². The number of aromatic nitrogens is 1. The van der Waals surface area contributed by atoms with E-state index in [1.165, 1.54) is 6.07 Å². The number of carboxylic acid groups (broad SMARTS) is 1. The van der Waals surface area contributed by atoms with Crippen molar-refractivity contribution >= 4 is 11.8 Å². The minimum Gasteiger partial charge on any atom is -0.478 e. The number of hydrogen-bond acceptors (Lipinski definition) is 3. The van der Waals surface area contributed by atoms with Gasteiger partial charge in [-0.1, -0.05) is 32.0 Å². The molecule has 1 heterocycles. The standard InChI is InChI=1S/C17H19FN2O2/c1-10(2)14-9-12(11-7-5-6-8-13(11)18)15(17(21)22)16(19-14)20(3)4/h5-10H,1-4H3,(H,21,22). The van der Waals surface area contributed by atoms with E-state index in [-0.39, 0.29) is 17.0 Å². The largest absolute Gasteiger partial charge is 0.478 e. The second-order valence-corrected chi connectivity index (χ2v) is 5.63. The van der Waals surface area contributed by atoms with Gasteiger partial charge in [0.25, 0.3) is 0 Å². The molecule has 0 aliphatic rings. The van der Waals surface area contributed by atoms with Crippen LogP contribution in [0.4, 0.5) is 10.2 Å². The van der Waals surface area contributed by atoms with Gasteiger partial charge >= 0.3 is 5.97 Å². The zero-order valence-electron chi connectivity index (χ0n) is 13.1. The average molecular weight is 302 g/mol. The Hall–Kier alpha value is -2.43. The average Bonchev–Trinajstić information content (AvgIpc) is 2.46. The van der Waals surface area contributed by atoms with Crippen LogP contribution in [-0.4, -0.2) is 30.2 Å². The lowest BCUT2D eigenvalue weighted by Gasteiger charge is -2.20. The Morgan fingerprint density at radius 1 is 1.23 bits per heavy atom. The maximum atomic E-state index is 14.2. The molecule has 5 heteroatoms.